The molecule has 0 spiro atoms. The van der Waals surface area contributed by atoms with Crippen molar-refractivity contribution in [3.05, 3.63) is 29.1 Å². The van der Waals surface area contributed by atoms with Gasteiger partial charge in [-0.05, 0) is 18.6 Å². The summed E-state index contributed by atoms with van der Waals surface area (Å²) in [7, 11) is 1.38. The van der Waals surface area contributed by atoms with E-state index in [2.05, 4.69) is 15.1 Å². The largest absolute Gasteiger partial charge is 0.469 e. The summed E-state index contributed by atoms with van der Waals surface area (Å²) in [6, 6.07) is 7.53. The number of rotatable bonds is 5. The third-order valence-electron chi connectivity index (χ3n) is 2.82. The molecule has 0 saturated heterocycles. The van der Waals surface area contributed by atoms with Gasteiger partial charge in [-0.2, -0.15) is 0 Å². The van der Waals surface area contributed by atoms with E-state index in [9.17, 15) is 4.79 Å². The molecule has 1 aromatic carbocycles. The number of nitrogen functional groups attached to an aromatic ring is 2. The zero-order chi connectivity index (χ0) is 14.5. The first-order valence-electron chi connectivity index (χ1n) is 6.03. The Hall–Kier alpha value is -2.12. The minimum atomic E-state index is -0.245. The zero-order valence-electron chi connectivity index (χ0n) is 11.1. The lowest BCUT2D eigenvalue weighted by molar-refractivity contribution is -0.140. The summed E-state index contributed by atoms with van der Waals surface area (Å²) in [5.74, 6) is 5.09. The van der Waals surface area contributed by atoms with Crippen LogP contribution in [0.25, 0.3) is 11.3 Å². The summed E-state index contributed by atoms with van der Waals surface area (Å²) >= 11 is 1.39. The molecule has 0 atom stereocenters. The number of hydrogen-bond acceptors (Lipinski definition) is 7. The molecule has 0 aliphatic rings. The maximum Gasteiger partial charge on any atom is 0.305 e. The minimum absolute atomic E-state index is 0.245. The molecule has 2 rings (SSSR count). The van der Waals surface area contributed by atoms with Gasteiger partial charge in [0.25, 0.3) is 0 Å². The second-order valence-electron chi connectivity index (χ2n) is 4.12. The Morgan fingerprint density at radius 3 is 2.70 bits per heavy atom. The number of carbonyl (C=O) groups is 1. The highest BCUT2D eigenvalue weighted by Crippen LogP contribution is 2.31. The summed E-state index contributed by atoms with van der Waals surface area (Å²) < 4.78 is 4.65. The first-order valence-corrected chi connectivity index (χ1v) is 6.84. The molecular weight excluding hydrogens is 276 g/mol. The van der Waals surface area contributed by atoms with Crippen LogP contribution in [0.1, 0.15) is 11.3 Å². The summed E-state index contributed by atoms with van der Waals surface area (Å²) in [6.45, 7) is 0. The summed E-state index contributed by atoms with van der Waals surface area (Å²) in [4.78, 5) is 16.5. The Bertz CT molecular complexity index is 595. The third kappa shape index (κ3) is 3.25. The molecule has 5 N–H and O–H groups in total. The average Bonchev–Trinajstić information content (AvgIpc) is 2.85. The number of methoxy groups -OCH3 is 1. The number of benzene rings is 1. The van der Waals surface area contributed by atoms with Crippen LogP contribution in [0.15, 0.2) is 24.3 Å². The van der Waals surface area contributed by atoms with Crippen molar-refractivity contribution >= 4 is 28.1 Å². The fraction of sp³-hybridized carbons (Fsp3) is 0.231. The number of anilines is 2. The van der Waals surface area contributed by atoms with Crippen LogP contribution in [0.3, 0.4) is 0 Å². The topological polar surface area (TPSA) is 103 Å². The predicted octanol–water partition coefficient (Wildman–Crippen LogP) is 1.78. The maximum atomic E-state index is 11.2. The lowest BCUT2D eigenvalue weighted by atomic mass is 10.1. The minimum Gasteiger partial charge on any atom is -0.469 e. The van der Waals surface area contributed by atoms with Crippen molar-refractivity contribution in [2.75, 3.05) is 18.3 Å². The van der Waals surface area contributed by atoms with Gasteiger partial charge in [-0.1, -0.05) is 12.1 Å². The van der Waals surface area contributed by atoms with E-state index in [1.807, 2.05) is 24.3 Å². The zero-order valence-corrected chi connectivity index (χ0v) is 11.9. The number of nitrogens with one attached hydrogen (secondary N) is 1. The molecule has 106 valence electrons. The Morgan fingerprint density at radius 2 is 2.10 bits per heavy atom. The van der Waals surface area contributed by atoms with Gasteiger partial charge < -0.3 is 15.9 Å². The average molecular weight is 292 g/mol. The van der Waals surface area contributed by atoms with E-state index >= 15 is 0 Å². The van der Waals surface area contributed by atoms with Crippen molar-refractivity contribution < 1.29 is 9.53 Å². The van der Waals surface area contributed by atoms with E-state index in [0.717, 1.165) is 21.8 Å². The number of nitrogens with two attached hydrogens (primary N) is 2. The lowest BCUT2D eigenvalue weighted by Gasteiger charge is -2.04. The van der Waals surface area contributed by atoms with E-state index in [4.69, 9.17) is 11.6 Å². The van der Waals surface area contributed by atoms with Crippen molar-refractivity contribution in [2.45, 2.75) is 12.8 Å². The molecule has 6 nitrogen and oxygen atoms in total. The van der Waals surface area contributed by atoms with Gasteiger partial charge in [-0.3, -0.25) is 10.6 Å². The number of aromatic nitrogens is 1. The van der Waals surface area contributed by atoms with Gasteiger partial charge in [0, 0.05) is 16.1 Å². The quantitative estimate of drug-likeness (QED) is 0.441. The van der Waals surface area contributed by atoms with Gasteiger partial charge in [0.2, 0.25) is 0 Å². The van der Waals surface area contributed by atoms with Crippen LogP contribution in [-0.4, -0.2) is 18.1 Å². The highest BCUT2D eigenvalue weighted by atomic mass is 32.1. The fourth-order valence-electron chi connectivity index (χ4n) is 1.81. The van der Waals surface area contributed by atoms with Gasteiger partial charge in [0.15, 0.2) is 5.13 Å². The molecule has 0 aliphatic heterocycles. The number of hydrogen-bond donors (Lipinski definition) is 3. The van der Waals surface area contributed by atoms with Crippen LogP contribution in [0.4, 0.5) is 10.8 Å². The summed E-state index contributed by atoms with van der Waals surface area (Å²) in [5.41, 5.74) is 10.9. The summed E-state index contributed by atoms with van der Waals surface area (Å²) in [6.07, 6.45) is 0.876. The van der Waals surface area contributed by atoms with Crippen LogP contribution in [0.5, 0.6) is 0 Å². The van der Waals surface area contributed by atoms with Gasteiger partial charge in [0.1, 0.15) is 0 Å². The lowest BCUT2D eigenvalue weighted by Crippen LogP contribution is -2.06. The van der Waals surface area contributed by atoms with Crippen LogP contribution >= 0.6 is 11.3 Å². The number of esters is 1. The Balaban J connectivity index is 2.23. The van der Waals surface area contributed by atoms with Gasteiger partial charge in [0.05, 0.1) is 19.2 Å². The highest BCUT2D eigenvalue weighted by molar-refractivity contribution is 7.15. The van der Waals surface area contributed by atoms with Crippen molar-refractivity contribution in [3.8, 4) is 11.3 Å². The second-order valence-corrected chi connectivity index (χ2v) is 5.24. The van der Waals surface area contributed by atoms with Gasteiger partial charge in [-0.15, -0.1) is 11.3 Å². The SMILES string of the molecule is COC(=O)CCc1sc(N)nc1-c1ccc(NN)cc1. The Morgan fingerprint density at radius 1 is 1.40 bits per heavy atom. The Kier molecular flexibility index (Phi) is 4.54. The highest BCUT2D eigenvalue weighted by Gasteiger charge is 2.13. The molecule has 0 radical (unpaired) electrons. The number of thiazole rings is 1. The molecule has 2 aromatic rings. The molecule has 1 heterocycles. The van der Waals surface area contributed by atoms with Crippen molar-refractivity contribution in [2.24, 2.45) is 5.84 Å². The maximum absolute atomic E-state index is 11.2. The molecule has 7 heteroatoms. The van der Waals surface area contributed by atoms with Crippen molar-refractivity contribution in [1.82, 2.24) is 4.98 Å². The monoisotopic (exact) mass is 292 g/mol. The number of carbonyl (C=O) groups excluding carboxylic acids is 1. The molecule has 0 amide bonds. The predicted molar refractivity (Wildman–Crippen MR) is 80.1 cm³/mol. The molecule has 0 saturated carbocycles. The molecule has 0 fully saturated rings. The van der Waals surface area contributed by atoms with E-state index < -0.39 is 0 Å². The van der Waals surface area contributed by atoms with Crippen molar-refractivity contribution in [1.29, 1.82) is 0 Å². The standard InChI is InChI=1S/C13H16N4O2S/c1-19-11(18)7-6-10-12(16-13(14)20-10)8-2-4-9(17-15)5-3-8/h2-5,17H,6-7,15H2,1H3,(H2,14,16). The first-order chi connectivity index (χ1) is 9.63. The molecule has 0 bridgehead atoms. The van der Waals surface area contributed by atoms with Gasteiger partial charge >= 0.3 is 5.97 Å². The summed E-state index contributed by atoms with van der Waals surface area (Å²) in [5, 5.41) is 0.487. The molecule has 0 aliphatic carbocycles. The second kappa shape index (κ2) is 6.36. The van der Waals surface area contributed by atoms with E-state index in [1.165, 1.54) is 18.4 Å². The molecule has 1 aromatic heterocycles. The number of nitrogens with zero attached hydrogens (tertiary/aromatic N) is 1. The van der Waals surface area contributed by atoms with Crippen LogP contribution < -0.4 is 17.0 Å². The van der Waals surface area contributed by atoms with Crippen molar-refractivity contribution in [3.63, 3.8) is 0 Å². The molecule has 20 heavy (non-hydrogen) atoms. The smallest absolute Gasteiger partial charge is 0.305 e. The third-order valence-corrected chi connectivity index (χ3v) is 3.77. The number of ether oxygens (including phenoxy) is 1. The Labute approximate surface area is 120 Å². The number of aryl methyl sites for hydroxylation is 1. The fourth-order valence-corrected chi connectivity index (χ4v) is 2.66. The van der Waals surface area contributed by atoms with E-state index in [1.54, 1.807) is 0 Å². The van der Waals surface area contributed by atoms with Crippen LogP contribution in [0, 0.1) is 0 Å². The van der Waals surface area contributed by atoms with Crippen LogP contribution in [-0.2, 0) is 16.0 Å². The van der Waals surface area contributed by atoms with Crippen LogP contribution in [0.2, 0.25) is 0 Å². The number of hydrazine groups is 1. The first kappa shape index (κ1) is 14.3. The normalized spacial score (nSPS) is 10.3. The van der Waals surface area contributed by atoms with Gasteiger partial charge in [-0.25, -0.2) is 4.98 Å². The van der Waals surface area contributed by atoms with E-state index in [0.29, 0.717) is 18.0 Å². The molecular formula is C13H16N4O2S. The molecule has 0 unspecified atom stereocenters. The van der Waals surface area contributed by atoms with E-state index in [-0.39, 0.29) is 5.97 Å².